The second kappa shape index (κ2) is 8.32. The summed E-state index contributed by atoms with van der Waals surface area (Å²) in [6.07, 6.45) is 2.55. The van der Waals surface area contributed by atoms with Gasteiger partial charge in [0.1, 0.15) is 0 Å². The average molecular weight is 412 g/mol. The molecule has 0 spiro atoms. The van der Waals surface area contributed by atoms with Crippen molar-refractivity contribution in [1.29, 1.82) is 0 Å². The van der Waals surface area contributed by atoms with E-state index in [-0.39, 0.29) is 22.6 Å². The number of nitrogens with one attached hydrogen (secondary N) is 2. The van der Waals surface area contributed by atoms with Crippen molar-refractivity contribution in [2.75, 3.05) is 11.6 Å². The van der Waals surface area contributed by atoms with Gasteiger partial charge in [-0.25, -0.2) is 8.42 Å². The molecule has 7 nitrogen and oxygen atoms in total. The van der Waals surface area contributed by atoms with E-state index in [9.17, 15) is 18.0 Å². The van der Waals surface area contributed by atoms with Crippen LogP contribution in [0, 0.1) is 0 Å². The number of benzene rings is 2. The van der Waals surface area contributed by atoms with Gasteiger partial charge in [-0.15, -0.1) is 0 Å². The van der Waals surface area contributed by atoms with Gasteiger partial charge in [0.2, 0.25) is 0 Å². The van der Waals surface area contributed by atoms with Gasteiger partial charge >= 0.3 is 0 Å². The largest absolute Gasteiger partial charge is 0.459 e. The molecule has 150 valence electrons. The van der Waals surface area contributed by atoms with Gasteiger partial charge in [0.15, 0.2) is 15.6 Å². The van der Waals surface area contributed by atoms with E-state index in [1.165, 1.54) is 18.4 Å². The highest BCUT2D eigenvalue weighted by molar-refractivity contribution is 7.90. The van der Waals surface area contributed by atoms with E-state index < -0.39 is 15.7 Å². The molecule has 1 unspecified atom stereocenters. The third-order valence-electron chi connectivity index (χ3n) is 4.28. The van der Waals surface area contributed by atoms with Crippen molar-refractivity contribution in [3.63, 3.8) is 0 Å². The molecule has 8 heteroatoms. The minimum Gasteiger partial charge on any atom is -0.459 e. The predicted molar refractivity (Wildman–Crippen MR) is 109 cm³/mol. The molecular weight excluding hydrogens is 392 g/mol. The maximum absolute atomic E-state index is 12.6. The second-order valence-corrected chi connectivity index (χ2v) is 8.56. The van der Waals surface area contributed by atoms with Gasteiger partial charge in [-0.2, -0.15) is 0 Å². The van der Waals surface area contributed by atoms with Crippen molar-refractivity contribution in [2.45, 2.75) is 17.9 Å². The van der Waals surface area contributed by atoms with Crippen molar-refractivity contribution in [3.05, 3.63) is 83.8 Å². The molecule has 0 saturated heterocycles. The van der Waals surface area contributed by atoms with Gasteiger partial charge < -0.3 is 15.1 Å². The van der Waals surface area contributed by atoms with Crippen molar-refractivity contribution in [1.82, 2.24) is 5.32 Å². The molecule has 1 aromatic heterocycles. The molecule has 0 radical (unpaired) electrons. The summed E-state index contributed by atoms with van der Waals surface area (Å²) in [5.74, 6) is -0.559. The summed E-state index contributed by atoms with van der Waals surface area (Å²) >= 11 is 0. The van der Waals surface area contributed by atoms with Gasteiger partial charge in [-0.05, 0) is 55.0 Å². The number of anilines is 1. The average Bonchev–Trinajstić information content (AvgIpc) is 3.22. The van der Waals surface area contributed by atoms with Crippen LogP contribution in [0.4, 0.5) is 5.69 Å². The fraction of sp³-hybridized carbons (Fsp3) is 0.143. The van der Waals surface area contributed by atoms with Gasteiger partial charge in [0.05, 0.1) is 17.2 Å². The van der Waals surface area contributed by atoms with Gasteiger partial charge in [0.25, 0.3) is 11.8 Å². The molecular formula is C21H20N2O5S. The molecule has 2 N–H and O–H groups in total. The van der Waals surface area contributed by atoms with Crippen LogP contribution < -0.4 is 10.6 Å². The summed E-state index contributed by atoms with van der Waals surface area (Å²) < 4.78 is 28.2. The highest BCUT2D eigenvalue weighted by Gasteiger charge is 2.14. The summed E-state index contributed by atoms with van der Waals surface area (Å²) in [4.78, 5) is 24.9. The Morgan fingerprint density at radius 1 is 0.966 bits per heavy atom. The SMILES string of the molecule is CC(NC(=O)c1cccc(NC(=O)c2ccco2)c1)c1ccc(S(C)(=O)=O)cc1. The van der Waals surface area contributed by atoms with Crippen LogP contribution >= 0.6 is 0 Å². The van der Waals surface area contributed by atoms with E-state index in [0.29, 0.717) is 11.3 Å². The van der Waals surface area contributed by atoms with Crippen molar-refractivity contribution < 1.29 is 22.4 Å². The molecule has 0 bridgehead atoms. The first kappa shape index (κ1) is 20.3. The van der Waals surface area contributed by atoms with Crippen molar-refractivity contribution in [3.8, 4) is 0 Å². The quantitative estimate of drug-likeness (QED) is 0.645. The summed E-state index contributed by atoms with van der Waals surface area (Å²) in [6.45, 7) is 1.80. The number of furan rings is 1. The minimum absolute atomic E-state index is 0.172. The lowest BCUT2D eigenvalue weighted by atomic mass is 10.1. The number of carbonyl (C=O) groups excluding carboxylic acids is 2. The van der Waals surface area contributed by atoms with E-state index in [4.69, 9.17) is 4.42 Å². The van der Waals surface area contributed by atoms with E-state index >= 15 is 0 Å². The Morgan fingerprint density at radius 3 is 2.31 bits per heavy atom. The molecule has 1 heterocycles. The predicted octanol–water partition coefficient (Wildman–Crippen LogP) is 3.43. The molecule has 3 rings (SSSR count). The lowest BCUT2D eigenvalue weighted by molar-refractivity contribution is 0.0938. The van der Waals surface area contributed by atoms with Crippen LogP contribution in [0.3, 0.4) is 0 Å². The summed E-state index contributed by atoms with van der Waals surface area (Å²) in [5.41, 5.74) is 1.61. The summed E-state index contributed by atoms with van der Waals surface area (Å²) in [5, 5.41) is 5.53. The first-order valence-corrected chi connectivity index (χ1v) is 10.7. The maximum Gasteiger partial charge on any atom is 0.291 e. The Kier molecular flexibility index (Phi) is 5.84. The fourth-order valence-electron chi connectivity index (χ4n) is 2.71. The zero-order valence-corrected chi connectivity index (χ0v) is 16.7. The number of amides is 2. The molecule has 0 aliphatic heterocycles. The number of hydrogen-bond donors (Lipinski definition) is 2. The van der Waals surface area contributed by atoms with E-state index in [1.54, 1.807) is 55.5 Å². The molecule has 0 saturated carbocycles. The summed E-state index contributed by atoms with van der Waals surface area (Å²) in [7, 11) is -3.27. The van der Waals surface area contributed by atoms with Crippen LogP contribution in [-0.2, 0) is 9.84 Å². The van der Waals surface area contributed by atoms with E-state index in [1.807, 2.05) is 0 Å². The summed E-state index contributed by atoms with van der Waals surface area (Å²) in [6, 6.07) is 15.7. The Hall–Kier alpha value is -3.39. The van der Waals surface area contributed by atoms with Crippen LogP contribution in [0.15, 0.2) is 76.2 Å². The van der Waals surface area contributed by atoms with E-state index in [2.05, 4.69) is 10.6 Å². The normalized spacial score (nSPS) is 12.2. The lowest BCUT2D eigenvalue weighted by Crippen LogP contribution is -2.26. The Morgan fingerprint density at radius 2 is 1.69 bits per heavy atom. The zero-order chi connectivity index (χ0) is 21.0. The number of sulfone groups is 1. The van der Waals surface area contributed by atoms with Crippen LogP contribution in [0.25, 0.3) is 0 Å². The van der Waals surface area contributed by atoms with Crippen LogP contribution in [-0.4, -0.2) is 26.5 Å². The van der Waals surface area contributed by atoms with E-state index in [0.717, 1.165) is 11.8 Å². The second-order valence-electron chi connectivity index (χ2n) is 6.55. The van der Waals surface area contributed by atoms with Crippen molar-refractivity contribution >= 4 is 27.3 Å². The monoisotopic (exact) mass is 412 g/mol. The molecule has 29 heavy (non-hydrogen) atoms. The molecule has 1 atom stereocenters. The topological polar surface area (TPSA) is 105 Å². The third-order valence-corrected chi connectivity index (χ3v) is 5.41. The van der Waals surface area contributed by atoms with Crippen LogP contribution in [0.1, 0.15) is 39.4 Å². The minimum atomic E-state index is -3.27. The number of hydrogen-bond acceptors (Lipinski definition) is 5. The first-order chi connectivity index (χ1) is 13.7. The highest BCUT2D eigenvalue weighted by atomic mass is 32.2. The lowest BCUT2D eigenvalue weighted by Gasteiger charge is -2.15. The Bertz CT molecular complexity index is 1120. The molecule has 3 aromatic rings. The molecule has 0 aliphatic rings. The standard InChI is InChI=1S/C21H20N2O5S/c1-14(15-8-10-18(11-9-15)29(2,26)27)22-20(24)16-5-3-6-17(13-16)23-21(25)19-7-4-12-28-19/h3-14H,1-2H3,(H,22,24)(H,23,25). The van der Waals surface area contributed by atoms with Gasteiger partial charge in [0, 0.05) is 17.5 Å². The van der Waals surface area contributed by atoms with Gasteiger partial charge in [-0.3, -0.25) is 9.59 Å². The molecule has 0 fully saturated rings. The molecule has 0 aliphatic carbocycles. The van der Waals surface area contributed by atoms with Gasteiger partial charge in [-0.1, -0.05) is 18.2 Å². The van der Waals surface area contributed by atoms with Crippen LogP contribution in [0.2, 0.25) is 0 Å². The highest BCUT2D eigenvalue weighted by Crippen LogP contribution is 2.18. The third kappa shape index (κ3) is 5.11. The fourth-order valence-corrected chi connectivity index (χ4v) is 3.34. The smallest absolute Gasteiger partial charge is 0.291 e. The molecule has 2 aromatic carbocycles. The Balaban J connectivity index is 1.68. The molecule has 2 amide bonds. The zero-order valence-electron chi connectivity index (χ0n) is 15.9. The first-order valence-electron chi connectivity index (χ1n) is 8.80. The van der Waals surface area contributed by atoms with Crippen LogP contribution in [0.5, 0.6) is 0 Å². The maximum atomic E-state index is 12.6. The number of rotatable bonds is 6. The number of carbonyl (C=O) groups is 2. The Labute approximate surface area is 168 Å². The van der Waals surface area contributed by atoms with Crippen molar-refractivity contribution in [2.24, 2.45) is 0 Å².